The lowest BCUT2D eigenvalue weighted by Crippen LogP contribution is -2.60. The Morgan fingerprint density at radius 1 is 1.40 bits per heavy atom. The Labute approximate surface area is 118 Å². The maximum Gasteiger partial charge on any atom is 0.237 e. The van der Waals surface area contributed by atoms with Crippen molar-refractivity contribution in [1.82, 2.24) is 25.5 Å². The number of H-pyrrole nitrogens is 1. The highest BCUT2D eigenvalue weighted by Gasteiger charge is 2.36. The summed E-state index contributed by atoms with van der Waals surface area (Å²) >= 11 is 0. The van der Waals surface area contributed by atoms with Gasteiger partial charge in [0, 0.05) is 25.6 Å². The third-order valence-electron chi connectivity index (χ3n) is 5.03. The maximum absolute atomic E-state index is 12.4. The molecule has 5 rings (SSSR count). The molecule has 4 aliphatic rings. The van der Waals surface area contributed by atoms with Crippen molar-refractivity contribution in [3.63, 3.8) is 0 Å². The summed E-state index contributed by atoms with van der Waals surface area (Å²) in [6, 6.07) is 0.202. The first kappa shape index (κ1) is 12.3. The number of nitrogens with one attached hydrogen (secondary N) is 3. The van der Waals surface area contributed by atoms with E-state index in [0.29, 0.717) is 24.9 Å². The maximum atomic E-state index is 12.4. The van der Waals surface area contributed by atoms with Crippen LogP contribution in [-0.4, -0.2) is 52.5 Å². The fraction of sp³-hybridized carbons (Fsp3) is 0.714. The van der Waals surface area contributed by atoms with Gasteiger partial charge in [-0.05, 0) is 31.8 Å². The summed E-state index contributed by atoms with van der Waals surface area (Å²) in [5.41, 5.74) is 2.13. The molecule has 2 atom stereocenters. The minimum atomic E-state index is -0.138. The number of aromatic amines is 1. The van der Waals surface area contributed by atoms with E-state index in [2.05, 4.69) is 25.5 Å². The van der Waals surface area contributed by atoms with E-state index in [9.17, 15) is 4.79 Å². The lowest BCUT2D eigenvalue weighted by molar-refractivity contribution is -0.125. The summed E-state index contributed by atoms with van der Waals surface area (Å²) < 4.78 is 0. The van der Waals surface area contributed by atoms with Crippen LogP contribution in [0.15, 0.2) is 6.33 Å². The first-order valence-corrected chi connectivity index (χ1v) is 7.57. The first-order valence-electron chi connectivity index (χ1n) is 7.57. The van der Waals surface area contributed by atoms with E-state index in [-0.39, 0.29) is 11.9 Å². The van der Waals surface area contributed by atoms with Gasteiger partial charge in [0.15, 0.2) is 0 Å². The average molecular weight is 275 g/mol. The van der Waals surface area contributed by atoms with Gasteiger partial charge in [-0.15, -0.1) is 0 Å². The van der Waals surface area contributed by atoms with Gasteiger partial charge in [-0.3, -0.25) is 10.1 Å². The second-order valence-corrected chi connectivity index (χ2v) is 6.22. The summed E-state index contributed by atoms with van der Waals surface area (Å²) in [4.78, 5) is 22.3. The molecule has 3 fully saturated rings. The van der Waals surface area contributed by atoms with Crippen molar-refractivity contribution in [2.75, 3.05) is 19.6 Å². The molecule has 0 radical (unpaired) electrons. The normalized spacial score (nSPS) is 35.6. The summed E-state index contributed by atoms with van der Waals surface area (Å²) in [5.74, 6) is 0.811. The van der Waals surface area contributed by atoms with E-state index in [1.54, 1.807) is 6.33 Å². The molecule has 20 heavy (non-hydrogen) atoms. The van der Waals surface area contributed by atoms with Gasteiger partial charge in [0.25, 0.3) is 0 Å². The van der Waals surface area contributed by atoms with Crippen LogP contribution in [0, 0.1) is 5.92 Å². The van der Waals surface area contributed by atoms with E-state index in [1.807, 2.05) is 0 Å². The highest BCUT2D eigenvalue weighted by Crippen LogP contribution is 2.27. The van der Waals surface area contributed by atoms with Crippen molar-refractivity contribution < 1.29 is 4.79 Å². The fourth-order valence-electron chi connectivity index (χ4n) is 3.77. The van der Waals surface area contributed by atoms with Crippen LogP contribution in [0.1, 0.15) is 24.2 Å². The molecule has 2 unspecified atom stereocenters. The Balaban J connectivity index is 1.39. The lowest BCUT2D eigenvalue weighted by Gasteiger charge is -2.45. The van der Waals surface area contributed by atoms with Crippen LogP contribution >= 0.6 is 0 Å². The summed E-state index contributed by atoms with van der Waals surface area (Å²) in [7, 11) is 0. The third-order valence-corrected chi connectivity index (χ3v) is 5.03. The van der Waals surface area contributed by atoms with Crippen molar-refractivity contribution in [3.05, 3.63) is 17.7 Å². The molecular weight excluding hydrogens is 254 g/mol. The lowest BCUT2D eigenvalue weighted by atomic mass is 9.84. The van der Waals surface area contributed by atoms with Crippen LogP contribution in [0.2, 0.25) is 0 Å². The predicted octanol–water partition coefficient (Wildman–Crippen LogP) is -0.366. The van der Waals surface area contributed by atoms with Gasteiger partial charge >= 0.3 is 0 Å². The quantitative estimate of drug-likeness (QED) is 0.689. The number of piperidine rings is 3. The topological polar surface area (TPSA) is 73.0 Å². The SMILES string of the molecule is O=C(NC1CN2CCC1CC2)C1Cc2nc[nH]c2CN1. The molecule has 0 aliphatic carbocycles. The number of carbonyl (C=O) groups is 1. The first-order chi connectivity index (χ1) is 9.79. The zero-order valence-electron chi connectivity index (χ0n) is 11.6. The second kappa shape index (κ2) is 4.86. The standard InChI is InChI=1S/C14H21N5O/c20-14(11-5-10-12(6-15-11)17-8-16-10)18-13-7-19-3-1-9(13)2-4-19/h8-9,11,13,15H,1-7H2,(H,16,17)(H,18,20). The van der Waals surface area contributed by atoms with Crippen LogP contribution in [0.5, 0.6) is 0 Å². The Kier molecular flexibility index (Phi) is 3.00. The van der Waals surface area contributed by atoms with Gasteiger partial charge in [-0.25, -0.2) is 4.98 Å². The summed E-state index contributed by atoms with van der Waals surface area (Å²) in [6.45, 7) is 4.13. The molecule has 0 aromatic carbocycles. The zero-order valence-corrected chi connectivity index (χ0v) is 11.6. The van der Waals surface area contributed by atoms with E-state index in [1.165, 1.54) is 25.9 Å². The van der Waals surface area contributed by atoms with E-state index in [0.717, 1.165) is 17.9 Å². The number of imidazole rings is 1. The highest BCUT2D eigenvalue weighted by atomic mass is 16.2. The second-order valence-electron chi connectivity index (χ2n) is 6.22. The molecule has 1 aromatic rings. The Morgan fingerprint density at radius 2 is 2.25 bits per heavy atom. The number of fused-ring (bicyclic) bond motifs is 4. The Morgan fingerprint density at radius 3 is 3.00 bits per heavy atom. The zero-order chi connectivity index (χ0) is 13.5. The molecule has 3 N–H and O–H groups in total. The molecule has 3 saturated heterocycles. The fourth-order valence-corrected chi connectivity index (χ4v) is 3.77. The predicted molar refractivity (Wildman–Crippen MR) is 74.0 cm³/mol. The Hall–Kier alpha value is -1.40. The molecule has 2 bridgehead atoms. The monoisotopic (exact) mass is 275 g/mol. The van der Waals surface area contributed by atoms with Gasteiger partial charge < -0.3 is 15.2 Å². The van der Waals surface area contributed by atoms with Crippen molar-refractivity contribution >= 4 is 5.91 Å². The smallest absolute Gasteiger partial charge is 0.237 e. The summed E-state index contributed by atoms with van der Waals surface area (Å²) in [6.07, 6.45) is 4.85. The van der Waals surface area contributed by atoms with Gasteiger partial charge in [0.2, 0.25) is 5.91 Å². The molecule has 1 aromatic heterocycles. The van der Waals surface area contributed by atoms with Crippen molar-refractivity contribution in [1.29, 1.82) is 0 Å². The number of carbonyl (C=O) groups excluding carboxylic acids is 1. The van der Waals surface area contributed by atoms with E-state index >= 15 is 0 Å². The van der Waals surface area contributed by atoms with Crippen LogP contribution in [0.25, 0.3) is 0 Å². The van der Waals surface area contributed by atoms with Crippen molar-refractivity contribution in [3.8, 4) is 0 Å². The highest BCUT2D eigenvalue weighted by molar-refractivity contribution is 5.82. The minimum absolute atomic E-state index is 0.136. The van der Waals surface area contributed by atoms with Crippen LogP contribution in [0.3, 0.4) is 0 Å². The molecular formula is C14H21N5O. The molecule has 6 heteroatoms. The molecule has 0 spiro atoms. The minimum Gasteiger partial charge on any atom is -0.350 e. The largest absolute Gasteiger partial charge is 0.350 e. The van der Waals surface area contributed by atoms with Crippen molar-refractivity contribution in [2.24, 2.45) is 5.92 Å². The van der Waals surface area contributed by atoms with Crippen LogP contribution in [-0.2, 0) is 17.8 Å². The number of amides is 1. The van der Waals surface area contributed by atoms with Gasteiger partial charge in [0.1, 0.15) is 0 Å². The third kappa shape index (κ3) is 2.13. The van der Waals surface area contributed by atoms with Crippen LogP contribution < -0.4 is 10.6 Å². The molecule has 108 valence electrons. The van der Waals surface area contributed by atoms with Crippen molar-refractivity contribution in [2.45, 2.75) is 37.9 Å². The van der Waals surface area contributed by atoms with E-state index in [4.69, 9.17) is 0 Å². The molecule has 0 saturated carbocycles. The number of rotatable bonds is 2. The molecule has 5 heterocycles. The van der Waals surface area contributed by atoms with Gasteiger partial charge in [-0.2, -0.15) is 0 Å². The van der Waals surface area contributed by atoms with Gasteiger partial charge in [0.05, 0.1) is 23.8 Å². The number of hydrogen-bond donors (Lipinski definition) is 3. The molecule has 4 aliphatic heterocycles. The van der Waals surface area contributed by atoms with E-state index < -0.39 is 0 Å². The average Bonchev–Trinajstić information content (AvgIpc) is 2.96. The molecule has 6 nitrogen and oxygen atoms in total. The number of hydrogen-bond acceptors (Lipinski definition) is 4. The molecule has 1 amide bonds. The number of aromatic nitrogens is 2. The summed E-state index contributed by atoms with van der Waals surface area (Å²) in [5, 5.41) is 6.56. The van der Waals surface area contributed by atoms with Gasteiger partial charge in [-0.1, -0.05) is 0 Å². The number of nitrogens with zero attached hydrogens (tertiary/aromatic N) is 2. The Bertz CT molecular complexity index is 505. The van der Waals surface area contributed by atoms with Crippen LogP contribution in [0.4, 0.5) is 0 Å².